The average Bonchev–Trinajstić information content (AvgIpc) is 3.16. The third-order valence-corrected chi connectivity index (χ3v) is 6.58. The van der Waals surface area contributed by atoms with Crippen LogP contribution < -0.4 is 0 Å². The molecular weight excluding hydrogens is 410 g/mol. The largest absolute Gasteiger partial charge is 0.466 e. The highest BCUT2D eigenvalue weighted by Gasteiger charge is 2.53. The van der Waals surface area contributed by atoms with Gasteiger partial charge in [-0.1, -0.05) is 30.3 Å². The molecule has 3 aliphatic heterocycles. The quantitative estimate of drug-likeness (QED) is 0.483. The molecule has 32 heavy (non-hydrogen) atoms. The Hall–Kier alpha value is -3.07. The number of urea groups is 1. The highest BCUT2D eigenvalue weighted by Crippen LogP contribution is 2.23. The lowest BCUT2D eigenvalue weighted by molar-refractivity contribution is -0.527. The van der Waals surface area contributed by atoms with Crippen molar-refractivity contribution in [2.45, 2.75) is 25.3 Å². The summed E-state index contributed by atoms with van der Waals surface area (Å²) in [5, 5.41) is 0. The number of amidine groups is 2. The number of piperidine rings is 1. The molecule has 2 saturated heterocycles. The summed E-state index contributed by atoms with van der Waals surface area (Å²) in [4.78, 5) is 46.7. The Balaban J connectivity index is 1.48. The average molecular weight is 441 g/mol. The maximum absolute atomic E-state index is 12.9. The Kier molecular flexibility index (Phi) is 6.36. The molecule has 2 fully saturated rings. The fraction of sp³-hybridized carbons (Fsp3) is 0.522. The van der Waals surface area contributed by atoms with Crippen molar-refractivity contribution in [3.8, 4) is 0 Å². The van der Waals surface area contributed by atoms with E-state index in [2.05, 4.69) is 34.2 Å². The second-order valence-corrected chi connectivity index (χ2v) is 8.64. The number of amides is 3. The van der Waals surface area contributed by atoms with Crippen molar-refractivity contribution in [1.82, 2.24) is 14.7 Å². The van der Waals surface area contributed by atoms with Gasteiger partial charge in [0.2, 0.25) is 0 Å². The van der Waals surface area contributed by atoms with E-state index in [1.54, 1.807) is 11.6 Å². The lowest BCUT2D eigenvalue weighted by Crippen LogP contribution is -2.62. The van der Waals surface area contributed by atoms with Crippen molar-refractivity contribution in [1.29, 1.82) is 0 Å². The van der Waals surface area contributed by atoms with E-state index in [-0.39, 0.29) is 12.5 Å². The Morgan fingerprint density at radius 3 is 2.47 bits per heavy atom. The van der Waals surface area contributed by atoms with Gasteiger partial charge in [-0.05, 0) is 48.8 Å². The number of likely N-dealkylation sites (tertiary alicyclic amines) is 1. The second-order valence-electron chi connectivity index (χ2n) is 8.64. The third-order valence-electron chi connectivity index (χ3n) is 6.58. The first-order valence-electron chi connectivity index (χ1n) is 11.0. The van der Waals surface area contributed by atoms with E-state index in [1.807, 2.05) is 6.07 Å². The molecule has 3 heterocycles. The molecule has 1 atom stereocenters. The molecule has 170 valence electrons. The van der Waals surface area contributed by atoms with Gasteiger partial charge in [-0.2, -0.15) is 0 Å². The number of methoxy groups -OCH3 is 1. The number of nitrogens with zero attached hydrogens (tertiary/aromatic N) is 5. The van der Waals surface area contributed by atoms with Crippen LogP contribution in [-0.4, -0.2) is 102 Å². The number of benzene rings is 1. The minimum Gasteiger partial charge on any atom is -0.466 e. The number of hydrogen-bond donors (Lipinski definition) is 0. The number of esters is 1. The van der Waals surface area contributed by atoms with Gasteiger partial charge in [0, 0.05) is 14.1 Å². The molecule has 0 aromatic heterocycles. The molecule has 1 unspecified atom stereocenters. The summed E-state index contributed by atoms with van der Waals surface area (Å²) >= 11 is 0. The van der Waals surface area contributed by atoms with Gasteiger partial charge < -0.3 is 4.74 Å². The second kappa shape index (κ2) is 9.20. The van der Waals surface area contributed by atoms with Crippen LogP contribution >= 0.6 is 0 Å². The van der Waals surface area contributed by atoms with Crippen molar-refractivity contribution in [2.75, 3.05) is 47.4 Å². The number of imide groups is 1. The van der Waals surface area contributed by atoms with Crippen LogP contribution in [0.4, 0.5) is 4.79 Å². The summed E-state index contributed by atoms with van der Waals surface area (Å²) in [5.41, 5.74) is 1.37. The fourth-order valence-electron chi connectivity index (χ4n) is 4.66. The van der Waals surface area contributed by atoms with Crippen LogP contribution in [0.1, 0.15) is 18.4 Å². The standard InChI is InChI=1S/C23H30N5O4/c1-25-21-20(22(30)26(2)23(25)31)28(15-19(29)32-3)18(24-21)14-27-11-9-17(10-12-27)13-16-7-5-4-6-8-16/h4-8,17,20H,9-15H2,1-3H3/q+1. The molecule has 0 N–H and O–H groups in total. The summed E-state index contributed by atoms with van der Waals surface area (Å²) < 4.78 is 6.53. The molecular formula is C23H30N5O4+. The first-order valence-corrected chi connectivity index (χ1v) is 11.0. The molecule has 0 aliphatic carbocycles. The predicted molar refractivity (Wildman–Crippen MR) is 119 cm³/mol. The SMILES string of the molecule is COC(=O)C[N+]1=C(CN2CCC(Cc3ccccc3)CC2)N=C2C1C(=O)N(C)C(=O)N2C. The van der Waals surface area contributed by atoms with Gasteiger partial charge in [0.1, 0.15) is 6.54 Å². The predicted octanol–water partition coefficient (Wildman–Crippen LogP) is 0.830. The highest BCUT2D eigenvalue weighted by molar-refractivity contribution is 6.23. The molecule has 0 spiro atoms. The molecule has 0 bridgehead atoms. The van der Waals surface area contributed by atoms with Crippen molar-refractivity contribution >= 4 is 29.6 Å². The zero-order valence-corrected chi connectivity index (χ0v) is 18.9. The first kappa shape index (κ1) is 22.1. The van der Waals surface area contributed by atoms with Crippen LogP contribution in [0.5, 0.6) is 0 Å². The Labute approximate surface area is 187 Å². The number of aliphatic imine (C=N–C) groups is 1. The molecule has 9 nitrogen and oxygen atoms in total. The van der Waals surface area contributed by atoms with Gasteiger partial charge >= 0.3 is 17.8 Å². The van der Waals surface area contributed by atoms with Crippen molar-refractivity contribution in [3.63, 3.8) is 0 Å². The molecule has 1 aromatic carbocycles. The molecule has 3 amide bonds. The first-order chi connectivity index (χ1) is 15.4. The van der Waals surface area contributed by atoms with Crippen molar-refractivity contribution in [3.05, 3.63) is 35.9 Å². The van der Waals surface area contributed by atoms with E-state index in [9.17, 15) is 14.4 Å². The maximum Gasteiger partial charge on any atom is 0.347 e. The lowest BCUT2D eigenvalue weighted by atomic mass is 9.90. The summed E-state index contributed by atoms with van der Waals surface area (Å²) in [7, 11) is 4.37. The molecule has 1 aromatic rings. The topological polar surface area (TPSA) is 85.5 Å². The lowest BCUT2D eigenvalue weighted by Gasteiger charge is -2.31. The molecule has 9 heteroatoms. The van der Waals surface area contributed by atoms with E-state index in [0.29, 0.717) is 24.1 Å². The third kappa shape index (κ3) is 4.29. The molecule has 0 saturated carbocycles. The normalized spacial score (nSPS) is 22.3. The maximum atomic E-state index is 12.9. The van der Waals surface area contributed by atoms with Gasteiger partial charge in [-0.15, -0.1) is 0 Å². The minimum absolute atomic E-state index is 0.0877. The number of likely N-dealkylation sites (N-methyl/N-ethyl adjacent to an activating group) is 2. The van der Waals surface area contributed by atoms with Gasteiger partial charge in [-0.25, -0.2) is 14.2 Å². The van der Waals surface area contributed by atoms with Crippen LogP contribution in [0.2, 0.25) is 0 Å². The van der Waals surface area contributed by atoms with Crippen molar-refractivity contribution < 1.29 is 23.7 Å². The van der Waals surface area contributed by atoms with E-state index in [0.717, 1.165) is 37.3 Å². The molecule has 3 aliphatic rings. The van der Waals surface area contributed by atoms with Crippen LogP contribution in [0.3, 0.4) is 0 Å². The smallest absolute Gasteiger partial charge is 0.347 e. The number of carbonyl (C=O) groups is 3. The zero-order chi connectivity index (χ0) is 22.8. The highest BCUT2D eigenvalue weighted by atomic mass is 16.5. The number of ether oxygens (including phenoxy) is 1. The number of fused-ring (bicyclic) bond motifs is 1. The van der Waals surface area contributed by atoms with E-state index in [4.69, 9.17) is 4.74 Å². The summed E-state index contributed by atoms with van der Waals surface area (Å²) in [6.45, 7) is 2.28. The Bertz CT molecular complexity index is 966. The zero-order valence-electron chi connectivity index (χ0n) is 18.9. The summed E-state index contributed by atoms with van der Waals surface area (Å²) in [6.07, 6.45) is 3.25. The Morgan fingerprint density at radius 2 is 1.81 bits per heavy atom. The monoisotopic (exact) mass is 440 g/mol. The van der Waals surface area contributed by atoms with Crippen LogP contribution in [0.25, 0.3) is 0 Å². The van der Waals surface area contributed by atoms with Gasteiger partial charge in [0.25, 0.3) is 17.8 Å². The van der Waals surface area contributed by atoms with Gasteiger partial charge in [-0.3, -0.25) is 19.5 Å². The van der Waals surface area contributed by atoms with Gasteiger partial charge in [0.05, 0.1) is 7.11 Å². The minimum atomic E-state index is -0.785. The Morgan fingerprint density at radius 1 is 1.12 bits per heavy atom. The van der Waals surface area contributed by atoms with Crippen LogP contribution in [-0.2, 0) is 20.7 Å². The van der Waals surface area contributed by atoms with Crippen LogP contribution in [0, 0.1) is 5.92 Å². The summed E-state index contributed by atoms with van der Waals surface area (Å²) in [6, 6.07) is 9.34. The number of carbonyl (C=O) groups excluding carboxylic acids is 3. The van der Waals surface area contributed by atoms with E-state index in [1.165, 1.54) is 24.6 Å². The fourth-order valence-corrected chi connectivity index (χ4v) is 4.66. The molecule has 4 rings (SSSR count). The van der Waals surface area contributed by atoms with E-state index >= 15 is 0 Å². The van der Waals surface area contributed by atoms with E-state index < -0.39 is 18.0 Å². The summed E-state index contributed by atoms with van der Waals surface area (Å²) in [5.74, 6) is 0.806. The van der Waals surface area contributed by atoms with Crippen molar-refractivity contribution in [2.24, 2.45) is 10.9 Å². The van der Waals surface area contributed by atoms with Crippen LogP contribution in [0.15, 0.2) is 35.3 Å². The molecule has 0 radical (unpaired) electrons. The number of hydrogen-bond acceptors (Lipinski definition) is 6. The van der Waals surface area contributed by atoms with Gasteiger partial charge in [0.15, 0.2) is 6.54 Å². The number of rotatable bonds is 6.